The average molecular weight is 506 g/mol. The topological polar surface area (TPSA) is 74.3 Å². The van der Waals surface area contributed by atoms with Crippen molar-refractivity contribution in [3.63, 3.8) is 0 Å². The summed E-state index contributed by atoms with van der Waals surface area (Å²) in [6.07, 6.45) is 3.81. The van der Waals surface area contributed by atoms with Crippen molar-refractivity contribution in [2.24, 2.45) is 0 Å². The minimum absolute atomic E-state index is 0.197. The molecule has 0 atom stereocenters. The molecule has 0 amide bonds. The summed E-state index contributed by atoms with van der Waals surface area (Å²) in [4.78, 5) is 18.5. The van der Waals surface area contributed by atoms with E-state index in [1.54, 1.807) is 0 Å². The van der Waals surface area contributed by atoms with Crippen LogP contribution in [0.3, 0.4) is 0 Å². The van der Waals surface area contributed by atoms with Gasteiger partial charge in [0.1, 0.15) is 11.4 Å². The number of hydrogen-bond donors (Lipinski definition) is 0. The highest BCUT2D eigenvalue weighted by Gasteiger charge is 2.15. The second kappa shape index (κ2) is 9.48. The average Bonchev–Trinajstić information content (AvgIpc) is 3.61. The van der Waals surface area contributed by atoms with E-state index in [9.17, 15) is 4.79 Å². The summed E-state index contributed by atoms with van der Waals surface area (Å²) in [5, 5.41) is 9.38. The number of benzene rings is 3. The van der Waals surface area contributed by atoms with Crippen molar-refractivity contribution in [1.82, 2.24) is 24.4 Å². The highest BCUT2D eigenvalue weighted by atomic mass is 32.1. The van der Waals surface area contributed by atoms with Crippen molar-refractivity contribution >= 4 is 22.4 Å². The number of fused-ring (bicyclic) bond motifs is 1. The SMILES string of the molecule is CCOc1ccc(-c2nn(-c3ccccc3)cc2/C=c2\sc3nc(-c4ccccc4C)nn3c2=O)cc1. The minimum Gasteiger partial charge on any atom is -0.494 e. The number of thiazole rings is 1. The molecule has 0 aliphatic carbocycles. The summed E-state index contributed by atoms with van der Waals surface area (Å²) in [5.41, 5.74) is 5.25. The molecular weight excluding hydrogens is 482 g/mol. The number of rotatable bonds is 6. The van der Waals surface area contributed by atoms with Gasteiger partial charge in [0.2, 0.25) is 4.96 Å². The molecule has 0 saturated carbocycles. The Morgan fingerprint density at radius 1 is 0.946 bits per heavy atom. The Labute approximate surface area is 216 Å². The van der Waals surface area contributed by atoms with Crippen LogP contribution >= 0.6 is 11.3 Å². The fourth-order valence-electron chi connectivity index (χ4n) is 4.22. The maximum absolute atomic E-state index is 13.3. The first-order valence-electron chi connectivity index (χ1n) is 12.0. The van der Waals surface area contributed by atoms with Crippen molar-refractivity contribution in [2.45, 2.75) is 13.8 Å². The molecule has 37 heavy (non-hydrogen) atoms. The fraction of sp³-hybridized carbons (Fsp3) is 0.103. The number of hydrogen-bond acceptors (Lipinski definition) is 6. The molecule has 0 saturated heterocycles. The summed E-state index contributed by atoms with van der Waals surface area (Å²) in [6.45, 7) is 4.57. The lowest BCUT2D eigenvalue weighted by atomic mass is 10.1. The molecule has 0 unspecified atom stereocenters. The maximum atomic E-state index is 13.3. The van der Waals surface area contributed by atoms with Gasteiger partial charge in [-0.25, -0.2) is 4.68 Å². The second-order valence-corrected chi connectivity index (χ2v) is 9.54. The zero-order valence-electron chi connectivity index (χ0n) is 20.3. The molecule has 6 aromatic rings. The van der Waals surface area contributed by atoms with E-state index in [2.05, 4.69) is 10.1 Å². The van der Waals surface area contributed by atoms with Gasteiger partial charge in [0.15, 0.2) is 5.82 Å². The largest absolute Gasteiger partial charge is 0.494 e. The molecule has 0 radical (unpaired) electrons. The third-order valence-corrected chi connectivity index (χ3v) is 7.02. The molecule has 0 bridgehead atoms. The Morgan fingerprint density at radius 3 is 2.43 bits per heavy atom. The predicted octanol–water partition coefficient (Wildman–Crippen LogP) is 4.93. The summed E-state index contributed by atoms with van der Waals surface area (Å²) in [6, 6.07) is 25.6. The first-order chi connectivity index (χ1) is 18.1. The van der Waals surface area contributed by atoms with Crippen LogP contribution in [0.5, 0.6) is 5.75 Å². The summed E-state index contributed by atoms with van der Waals surface area (Å²) in [5.74, 6) is 1.36. The Bertz CT molecular complexity index is 1820. The van der Waals surface area contributed by atoms with E-state index in [4.69, 9.17) is 9.84 Å². The normalized spacial score (nSPS) is 11.9. The van der Waals surface area contributed by atoms with Gasteiger partial charge in [-0.1, -0.05) is 53.8 Å². The number of ether oxygens (including phenoxy) is 1. The fourth-order valence-corrected chi connectivity index (χ4v) is 5.12. The molecule has 0 spiro atoms. The second-order valence-electron chi connectivity index (χ2n) is 8.53. The monoisotopic (exact) mass is 505 g/mol. The Kier molecular flexibility index (Phi) is 5.86. The van der Waals surface area contributed by atoms with Gasteiger partial charge in [-0.05, 0) is 61.9 Å². The van der Waals surface area contributed by atoms with E-state index in [-0.39, 0.29) is 5.56 Å². The van der Waals surface area contributed by atoms with Crippen LogP contribution < -0.4 is 14.8 Å². The minimum atomic E-state index is -0.197. The molecule has 0 aliphatic heterocycles. The molecule has 3 heterocycles. The van der Waals surface area contributed by atoms with Crippen LogP contribution in [0.25, 0.3) is 39.4 Å². The van der Waals surface area contributed by atoms with Gasteiger partial charge >= 0.3 is 0 Å². The molecule has 3 aromatic heterocycles. The molecule has 0 aliphatic rings. The third-order valence-electron chi connectivity index (χ3n) is 6.06. The first-order valence-corrected chi connectivity index (χ1v) is 12.8. The molecule has 3 aromatic carbocycles. The lowest BCUT2D eigenvalue weighted by Crippen LogP contribution is -2.23. The van der Waals surface area contributed by atoms with Gasteiger partial charge in [-0.3, -0.25) is 4.79 Å². The number of para-hydroxylation sites is 1. The zero-order chi connectivity index (χ0) is 25.4. The van der Waals surface area contributed by atoms with Gasteiger partial charge in [0.25, 0.3) is 5.56 Å². The molecule has 6 rings (SSSR count). The van der Waals surface area contributed by atoms with Crippen LogP contribution in [0, 0.1) is 6.92 Å². The van der Waals surface area contributed by atoms with Crippen LogP contribution in [0.15, 0.2) is 89.9 Å². The number of aryl methyl sites for hydroxylation is 1. The number of nitrogens with zero attached hydrogens (tertiary/aromatic N) is 5. The van der Waals surface area contributed by atoms with Crippen molar-refractivity contribution in [3.8, 4) is 34.1 Å². The van der Waals surface area contributed by atoms with E-state index in [0.717, 1.165) is 39.4 Å². The van der Waals surface area contributed by atoms with Gasteiger partial charge in [-0.2, -0.15) is 14.6 Å². The molecule has 182 valence electrons. The van der Waals surface area contributed by atoms with Crippen molar-refractivity contribution in [2.75, 3.05) is 6.61 Å². The number of aromatic nitrogens is 5. The van der Waals surface area contributed by atoms with Crippen LogP contribution in [0.1, 0.15) is 18.1 Å². The summed E-state index contributed by atoms with van der Waals surface area (Å²) < 4.78 is 9.36. The van der Waals surface area contributed by atoms with E-state index in [0.29, 0.717) is 21.9 Å². The van der Waals surface area contributed by atoms with Crippen LogP contribution in [-0.2, 0) is 0 Å². The van der Waals surface area contributed by atoms with Crippen molar-refractivity contribution in [1.29, 1.82) is 0 Å². The Morgan fingerprint density at radius 2 is 1.70 bits per heavy atom. The highest BCUT2D eigenvalue weighted by molar-refractivity contribution is 7.15. The smallest absolute Gasteiger partial charge is 0.291 e. The molecule has 7 nitrogen and oxygen atoms in total. The first kappa shape index (κ1) is 22.9. The lowest BCUT2D eigenvalue weighted by Gasteiger charge is -2.04. The van der Waals surface area contributed by atoms with E-state index in [1.807, 2.05) is 110 Å². The van der Waals surface area contributed by atoms with Gasteiger partial charge in [0.05, 0.1) is 16.8 Å². The van der Waals surface area contributed by atoms with E-state index >= 15 is 0 Å². The summed E-state index contributed by atoms with van der Waals surface area (Å²) in [7, 11) is 0. The van der Waals surface area contributed by atoms with Crippen LogP contribution in [0.4, 0.5) is 0 Å². The Hall–Kier alpha value is -4.56. The van der Waals surface area contributed by atoms with Gasteiger partial charge in [0, 0.05) is 22.9 Å². The molecule has 8 heteroatoms. The van der Waals surface area contributed by atoms with E-state index < -0.39 is 0 Å². The quantitative estimate of drug-likeness (QED) is 0.321. The van der Waals surface area contributed by atoms with Gasteiger partial charge in [-0.15, -0.1) is 5.10 Å². The molecular formula is C29H23N5O2S. The van der Waals surface area contributed by atoms with Gasteiger partial charge < -0.3 is 4.74 Å². The van der Waals surface area contributed by atoms with Crippen LogP contribution in [0.2, 0.25) is 0 Å². The third kappa shape index (κ3) is 4.32. The zero-order valence-corrected chi connectivity index (χ0v) is 21.1. The Balaban J connectivity index is 1.47. The molecule has 0 fully saturated rings. The lowest BCUT2D eigenvalue weighted by molar-refractivity contribution is 0.340. The maximum Gasteiger partial charge on any atom is 0.291 e. The predicted molar refractivity (Wildman–Crippen MR) is 146 cm³/mol. The van der Waals surface area contributed by atoms with Crippen LogP contribution in [-0.4, -0.2) is 31.0 Å². The molecule has 0 N–H and O–H groups in total. The standard InChI is InChI=1S/C29H23N5O2S/c1-3-36-23-15-13-20(14-16-23)26-21(18-33(31-26)22-10-5-4-6-11-22)17-25-28(35)34-29(37-25)30-27(32-34)24-12-8-7-9-19(24)2/h4-18H,3H2,1-2H3/b25-17-. The van der Waals surface area contributed by atoms with Crippen molar-refractivity contribution in [3.05, 3.63) is 111 Å². The van der Waals surface area contributed by atoms with E-state index in [1.165, 1.54) is 15.9 Å². The van der Waals surface area contributed by atoms with Crippen molar-refractivity contribution < 1.29 is 4.74 Å². The highest BCUT2D eigenvalue weighted by Crippen LogP contribution is 2.27. The summed E-state index contributed by atoms with van der Waals surface area (Å²) >= 11 is 1.32.